The zero-order valence-electron chi connectivity index (χ0n) is 17.6. The van der Waals surface area contributed by atoms with Crippen molar-refractivity contribution in [3.63, 3.8) is 0 Å². The number of amides is 1. The molecule has 1 atom stereocenters. The lowest BCUT2D eigenvalue weighted by atomic mass is 10.1. The van der Waals surface area contributed by atoms with E-state index in [2.05, 4.69) is 10.3 Å². The molecule has 6 nitrogen and oxygen atoms in total. The van der Waals surface area contributed by atoms with Gasteiger partial charge in [0.1, 0.15) is 0 Å². The highest BCUT2D eigenvalue weighted by molar-refractivity contribution is 7.89. The Kier molecular flexibility index (Phi) is 6.34. The number of hydrogen-bond donors (Lipinski definition) is 1. The van der Waals surface area contributed by atoms with Crippen molar-refractivity contribution in [2.24, 2.45) is 0 Å². The minimum atomic E-state index is -3.61. The van der Waals surface area contributed by atoms with Gasteiger partial charge in [-0.15, -0.1) is 0 Å². The summed E-state index contributed by atoms with van der Waals surface area (Å²) in [6.07, 6.45) is 5.18. The molecule has 1 aromatic heterocycles. The number of carbonyl (C=O) groups is 1. The fourth-order valence-electron chi connectivity index (χ4n) is 4.14. The van der Waals surface area contributed by atoms with Gasteiger partial charge in [0.05, 0.1) is 10.4 Å². The minimum absolute atomic E-state index is 0.0227. The molecule has 0 aliphatic carbocycles. The van der Waals surface area contributed by atoms with E-state index >= 15 is 0 Å². The summed E-state index contributed by atoms with van der Waals surface area (Å²) in [6.45, 7) is 2.91. The van der Waals surface area contributed by atoms with Crippen LogP contribution in [0, 0.1) is 0 Å². The van der Waals surface area contributed by atoms with Crippen molar-refractivity contribution >= 4 is 26.8 Å². The van der Waals surface area contributed by atoms with Crippen molar-refractivity contribution in [3.8, 4) is 0 Å². The molecule has 1 amide bonds. The largest absolute Gasteiger partial charge is 0.352 e. The quantitative estimate of drug-likeness (QED) is 0.637. The molecule has 0 radical (unpaired) electrons. The van der Waals surface area contributed by atoms with Gasteiger partial charge in [0.15, 0.2) is 0 Å². The highest BCUT2D eigenvalue weighted by Crippen LogP contribution is 2.25. The molecule has 0 spiro atoms. The Labute approximate surface area is 183 Å². The third kappa shape index (κ3) is 4.62. The summed E-state index contributed by atoms with van der Waals surface area (Å²) in [5.41, 5.74) is 2.35. The number of piperidine rings is 1. The smallest absolute Gasteiger partial charge is 0.251 e. The summed E-state index contributed by atoms with van der Waals surface area (Å²) in [5.74, 6) is -0.281. The first kappa shape index (κ1) is 21.5. The van der Waals surface area contributed by atoms with Crippen LogP contribution in [0.3, 0.4) is 0 Å². The van der Waals surface area contributed by atoms with Crippen LogP contribution in [-0.2, 0) is 16.4 Å². The molecule has 2 heterocycles. The number of aromatic nitrogens is 1. The van der Waals surface area contributed by atoms with E-state index in [1.807, 2.05) is 37.3 Å². The van der Waals surface area contributed by atoms with Gasteiger partial charge in [-0.25, -0.2) is 8.42 Å². The lowest BCUT2D eigenvalue weighted by Gasteiger charge is -2.32. The summed E-state index contributed by atoms with van der Waals surface area (Å²) >= 11 is 0. The molecule has 1 aliphatic heterocycles. The maximum absolute atomic E-state index is 13.1. The van der Waals surface area contributed by atoms with E-state index in [9.17, 15) is 13.2 Å². The monoisotopic (exact) mass is 437 g/mol. The third-order valence-electron chi connectivity index (χ3n) is 5.84. The predicted octanol–water partition coefficient (Wildman–Crippen LogP) is 3.77. The van der Waals surface area contributed by atoms with Crippen molar-refractivity contribution in [1.29, 1.82) is 0 Å². The van der Waals surface area contributed by atoms with Crippen molar-refractivity contribution in [1.82, 2.24) is 14.6 Å². The molecule has 4 rings (SSSR count). The molecule has 31 heavy (non-hydrogen) atoms. The molecule has 1 unspecified atom stereocenters. The van der Waals surface area contributed by atoms with E-state index in [1.54, 1.807) is 28.7 Å². The molecule has 2 aromatic carbocycles. The third-order valence-corrected chi connectivity index (χ3v) is 7.85. The first-order chi connectivity index (χ1) is 15.0. The predicted molar refractivity (Wildman–Crippen MR) is 121 cm³/mol. The number of para-hydroxylation sites is 1. The number of nitrogens with zero attached hydrogens (tertiary/aromatic N) is 2. The molecule has 0 saturated carbocycles. The second-order valence-electron chi connectivity index (χ2n) is 7.99. The Morgan fingerprint density at radius 3 is 2.77 bits per heavy atom. The van der Waals surface area contributed by atoms with Crippen LogP contribution in [0.1, 0.15) is 42.1 Å². The van der Waals surface area contributed by atoms with Crippen LogP contribution in [0.15, 0.2) is 65.7 Å². The topological polar surface area (TPSA) is 79.4 Å². The molecular formula is C24H27N3O3S. The van der Waals surface area contributed by atoms with Crippen LogP contribution >= 0.6 is 0 Å². The average molecular weight is 438 g/mol. The SMILES string of the molecule is CC1CCCCN1S(=O)(=O)c1cccc(C(=O)NCCc2cccc3cccnc23)c1. The normalized spacial score (nSPS) is 17.5. The van der Waals surface area contributed by atoms with Crippen LogP contribution in [-0.4, -0.2) is 42.7 Å². The van der Waals surface area contributed by atoms with Crippen molar-refractivity contribution < 1.29 is 13.2 Å². The molecule has 162 valence electrons. The second-order valence-corrected chi connectivity index (χ2v) is 9.88. The standard InChI is InChI=1S/C24H27N3O3S/c1-18-7-2-3-16-27(18)31(29,30)22-12-5-10-21(17-22)24(28)26-15-13-20-9-4-8-19-11-6-14-25-23(19)20/h4-6,8-12,14,17-18H,2-3,7,13,15-16H2,1H3,(H,26,28). The number of fused-ring (bicyclic) bond motifs is 1. The fourth-order valence-corrected chi connectivity index (χ4v) is 5.89. The summed E-state index contributed by atoms with van der Waals surface area (Å²) in [7, 11) is -3.61. The number of benzene rings is 2. The van der Waals surface area contributed by atoms with E-state index in [0.29, 0.717) is 25.1 Å². The Morgan fingerprint density at radius 2 is 1.94 bits per heavy atom. The molecule has 3 aromatic rings. The van der Waals surface area contributed by atoms with E-state index in [-0.39, 0.29) is 16.8 Å². The zero-order valence-corrected chi connectivity index (χ0v) is 18.4. The van der Waals surface area contributed by atoms with Crippen LogP contribution in [0.5, 0.6) is 0 Å². The van der Waals surface area contributed by atoms with Gasteiger partial charge in [0.2, 0.25) is 10.0 Å². The Hall–Kier alpha value is -2.77. The molecule has 1 fully saturated rings. The molecule has 1 aliphatic rings. The van der Waals surface area contributed by atoms with E-state index in [0.717, 1.165) is 35.7 Å². The van der Waals surface area contributed by atoms with Gasteiger partial charge in [0, 0.05) is 36.3 Å². The van der Waals surface area contributed by atoms with Crippen molar-refractivity contribution in [3.05, 3.63) is 71.9 Å². The number of pyridine rings is 1. The summed E-state index contributed by atoms with van der Waals surface area (Å²) < 4.78 is 27.7. The second kappa shape index (κ2) is 9.16. The number of sulfonamides is 1. The molecule has 1 saturated heterocycles. The maximum atomic E-state index is 13.1. The molecule has 7 heteroatoms. The van der Waals surface area contributed by atoms with E-state index in [1.165, 1.54) is 6.07 Å². The maximum Gasteiger partial charge on any atom is 0.251 e. The van der Waals surface area contributed by atoms with Crippen molar-refractivity contribution in [2.45, 2.75) is 43.5 Å². The van der Waals surface area contributed by atoms with Gasteiger partial charge in [-0.3, -0.25) is 9.78 Å². The van der Waals surface area contributed by atoms with Gasteiger partial charge in [0.25, 0.3) is 5.91 Å². The summed E-state index contributed by atoms with van der Waals surface area (Å²) in [6, 6.07) is 16.2. The van der Waals surface area contributed by atoms with E-state index < -0.39 is 10.0 Å². The van der Waals surface area contributed by atoms with Gasteiger partial charge >= 0.3 is 0 Å². The summed E-state index contributed by atoms with van der Waals surface area (Å²) in [4.78, 5) is 17.3. The number of rotatable bonds is 6. The average Bonchev–Trinajstić information content (AvgIpc) is 2.79. The van der Waals surface area contributed by atoms with Gasteiger partial charge in [-0.1, -0.05) is 36.8 Å². The minimum Gasteiger partial charge on any atom is -0.352 e. The van der Waals surface area contributed by atoms with Gasteiger partial charge in [-0.05, 0) is 56.0 Å². The highest BCUT2D eigenvalue weighted by Gasteiger charge is 2.31. The van der Waals surface area contributed by atoms with Crippen LogP contribution < -0.4 is 5.32 Å². The van der Waals surface area contributed by atoms with Crippen LogP contribution in [0.25, 0.3) is 10.9 Å². The van der Waals surface area contributed by atoms with Crippen LogP contribution in [0.4, 0.5) is 0 Å². The molecule has 1 N–H and O–H groups in total. The lowest BCUT2D eigenvalue weighted by molar-refractivity contribution is 0.0954. The van der Waals surface area contributed by atoms with E-state index in [4.69, 9.17) is 0 Å². The number of nitrogens with one attached hydrogen (secondary N) is 1. The highest BCUT2D eigenvalue weighted by atomic mass is 32.2. The van der Waals surface area contributed by atoms with Gasteiger partial charge < -0.3 is 5.32 Å². The first-order valence-electron chi connectivity index (χ1n) is 10.7. The first-order valence-corrected chi connectivity index (χ1v) is 12.1. The van der Waals surface area contributed by atoms with Crippen molar-refractivity contribution in [2.75, 3.05) is 13.1 Å². The Morgan fingerprint density at radius 1 is 1.13 bits per heavy atom. The lowest BCUT2D eigenvalue weighted by Crippen LogP contribution is -2.42. The molecule has 0 bridgehead atoms. The Balaban J connectivity index is 1.45. The molecular weight excluding hydrogens is 410 g/mol. The summed E-state index contributed by atoms with van der Waals surface area (Å²) in [5, 5.41) is 3.97. The van der Waals surface area contributed by atoms with Crippen LogP contribution in [0.2, 0.25) is 0 Å². The fraction of sp³-hybridized carbons (Fsp3) is 0.333. The zero-order chi connectivity index (χ0) is 21.8. The van der Waals surface area contributed by atoms with Gasteiger partial charge in [-0.2, -0.15) is 4.31 Å². The Bertz CT molecular complexity index is 1190. The number of carbonyl (C=O) groups excluding carboxylic acids is 1. The number of hydrogen-bond acceptors (Lipinski definition) is 4.